The van der Waals surface area contributed by atoms with Crippen molar-refractivity contribution in [3.05, 3.63) is 83.0 Å². The molecule has 3 saturated carbocycles. The molecule has 1 aliphatic heterocycles. The van der Waals surface area contributed by atoms with Gasteiger partial charge in [-0.25, -0.2) is 8.78 Å². The molecule has 0 aromatic heterocycles. The van der Waals surface area contributed by atoms with E-state index in [1.54, 1.807) is 36.4 Å². The molecule has 0 spiro atoms. The number of hydrogen-bond donors (Lipinski definition) is 3. The van der Waals surface area contributed by atoms with Crippen LogP contribution in [0.2, 0.25) is 0 Å². The second-order valence-electron chi connectivity index (χ2n) is 13.6. The summed E-state index contributed by atoms with van der Waals surface area (Å²) in [5.41, 5.74) is 4.24. The molecule has 7 rings (SSSR count). The number of benzene rings is 2. The Kier molecular flexibility index (Phi) is 7.09. The van der Waals surface area contributed by atoms with E-state index in [0.29, 0.717) is 30.5 Å². The van der Waals surface area contributed by atoms with Gasteiger partial charge in [-0.3, -0.25) is 9.59 Å². The first-order chi connectivity index (χ1) is 21.4. The van der Waals surface area contributed by atoms with Crippen LogP contribution in [0.1, 0.15) is 56.9 Å². The predicted octanol–water partition coefficient (Wildman–Crippen LogP) is 4.73. The number of carbonyl (C=O) groups is 2. The Bertz CT molecular complexity index is 1640. The smallest absolute Gasteiger partial charge is 0.193 e. The van der Waals surface area contributed by atoms with Gasteiger partial charge in [0, 0.05) is 22.4 Å². The fraction of sp³-hybridized carbons (Fsp3) is 0.486. The maximum atomic E-state index is 15.9. The van der Waals surface area contributed by atoms with Crippen LogP contribution in [-0.4, -0.2) is 46.2 Å². The quantitative estimate of drug-likeness (QED) is 0.395. The minimum Gasteiger partial charge on any atom is -0.486 e. The maximum Gasteiger partial charge on any atom is 0.193 e. The average molecular weight is 622 g/mol. The number of nitrogens with two attached hydrogens (primary N) is 1. The van der Waals surface area contributed by atoms with Gasteiger partial charge in [0.25, 0.3) is 0 Å². The third-order valence-corrected chi connectivity index (χ3v) is 11.5. The number of aliphatic hydroxyl groups is 2. The molecule has 9 atom stereocenters. The van der Waals surface area contributed by atoms with Crippen molar-refractivity contribution in [2.75, 3.05) is 12.3 Å². The summed E-state index contributed by atoms with van der Waals surface area (Å²) >= 11 is 0. The first-order valence-electron chi connectivity index (χ1n) is 15.5. The van der Waals surface area contributed by atoms with Crippen LogP contribution in [0.3, 0.4) is 0 Å². The molecule has 4 aliphatic carbocycles. The third-order valence-electron chi connectivity index (χ3n) is 11.5. The van der Waals surface area contributed by atoms with Crippen molar-refractivity contribution in [3.8, 4) is 5.75 Å². The number of hydrogen-bond acceptors (Lipinski definition) is 8. The molecule has 8 nitrogen and oxygen atoms in total. The predicted molar refractivity (Wildman–Crippen MR) is 158 cm³/mol. The number of ether oxygens (including phenoxy) is 3. The van der Waals surface area contributed by atoms with Crippen LogP contribution in [0.4, 0.5) is 14.5 Å². The Hall–Kier alpha value is -3.44. The third kappa shape index (κ3) is 4.29. The first-order valence-corrected chi connectivity index (χ1v) is 15.5. The molecule has 0 bridgehead atoms. The summed E-state index contributed by atoms with van der Waals surface area (Å²) in [5.74, 6) is -3.28. The Balaban J connectivity index is 1.21. The first kappa shape index (κ1) is 30.2. The number of fused-ring (bicyclic) bond motifs is 7. The zero-order chi connectivity index (χ0) is 31.9. The lowest BCUT2D eigenvalue weighted by Gasteiger charge is -2.59. The number of aliphatic hydroxyl groups excluding tert-OH is 2. The van der Waals surface area contributed by atoms with E-state index >= 15 is 8.78 Å². The van der Waals surface area contributed by atoms with Crippen molar-refractivity contribution in [2.24, 2.45) is 28.6 Å². The maximum absolute atomic E-state index is 15.9. The van der Waals surface area contributed by atoms with Crippen molar-refractivity contribution in [1.29, 1.82) is 0 Å². The minimum absolute atomic E-state index is 0.0195. The molecule has 0 amide bonds. The number of anilines is 1. The van der Waals surface area contributed by atoms with Crippen LogP contribution >= 0.6 is 0 Å². The SMILES string of the molecule is C[C@]12C=CC(=O)C=C1CC[C@@H]1[C@@H]2[C@@H](O)C[C@@]2(C)[C@H]1C[C@H]1O[C@@H](c3c(F)ccc(OCc4cccc(N)c4)c3F)O[C@]12C(=O)CO. The second kappa shape index (κ2) is 10.6. The Labute approximate surface area is 259 Å². The van der Waals surface area contributed by atoms with E-state index in [1.807, 2.05) is 19.9 Å². The van der Waals surface area contributed by atoms with Crippen molar-refractivity contribution in [3.63, 3.8) is 0 Å². The van der Waals surface area contributed by atoms with E-state index in [0.717, 1.165) is 11.6 Å². The van der Waals surface area contributed by atoms with Crippen molar-refractivity contribution in [1.82, 2.24) is 0 Å². The monoisotopic (exact) mass is 621 g/mol. The highest BCUT2D eigenvalue weighted by Gasteiger charge is 2.76. The average Bonchev–Trinajstić information content (AvgIpc) is 3.49. The lowest BCUT2D eigenvalue weighted by atomic mass is 9.46. The molecule has 1 heterocycles. The van der Waals surface area contributed by atoms with E-state index in [2.05, 4.69) is 0 Å². The van der Waals surface area contributed by atoms with Gasteiger partial charge in [-0.05, 0) is 79.5 Å². The number of carbonyl (C=O) groups excluding carboxylic acids is 2. The summed E-state index contributed by atoms with van der Waals surface area (Å²) in [6, 6.07) is 9.14. The summed E-state index contributed by atoms with van der Waals surface area (Å²) in [5, 5.41) is 22.0. The van der Waals surface area contributed by atoms with Crippen LogP contribution in [0.25, 0.3) is 0 Å². The zero-order valence-electron chi connectivity index (χ0n) is 25.2. The molecular formula is C35H37F2NO7. The number of ketones is 2. The molecule has 2 aromatic carbocycles. The molecule has 10 heteroatoms. The summed E-state index contributed by atoms with van der Waals surface area (Å²) in [6.45, 7) is 3.03. The van der Waals surface area contributed by atoms with Gasteiger partial charge in [0.05, 0.1) is 17.8 Å². The molecule has 238 valence electrons. The van der Waals surface area contributed by atoms with Crippen molar-refractivity contribution < 1.29 is 42.8 Å². The summed E-state index contributed by atoms with van der Waals surface area (Å²) in [6.07, 6.45) is 3.62. The van der Waals surface area contributed by atoms with Crippen molar-refractivity contribution in [2.45, 2.75) is 70.2 Å². The molecule has 2 aromatic rings. The topological polar surface area (TPSA) is 128 Å². The fourth-order valence-electron chi connectivity index (χ4n) is 9.54. The number of allylic oxidation sites excluding steroid dienone is 4. The molecule has 1 saturated heterocycles. The lowest BCUT2D eigenvalue weighted by molar-refractivity contribution is -0.201. The molecular weight excluding hydrogens is 584 g/mol. The van der Waals surface area contributed by atoms with Gasteiger partial charge in [0.2, 0.25) is 0 Å². The second-order valence-corrected chi connectivity index (χ2v) is 13.6. The number of rotatable bonds is 6. The molecule has 4 N–H and O–H groups in total. The Morgan fingerprint density at radius 3 is 2.76 bits per heavy atom. The normalized spacial score (nSPS) is 38.2. The van der Waals surface area contributed by atoms with Gasteiger partial charge in [0.15, 0.2) is 35.0 Å². The highest BCUT2D eigenvalue weighted by Crippen LogP contribution is 2.70. The van der Waals surface area contributed by atoms with Gasteiger partial charge in [-0.15, -0.1) is 0 Å². The molecule has 4 fully saturated rings. The minimum atomic E-state index is -1.74. The summed E-state index contributed by atoms with van der Waals surface area (Å²) < 4.78 is 49.6. The number of halogens is 2. The van der Waals surface area contributed by atoms with Crippen LogP contribution < -0.4 is 10.5 Å². The Morgan fingerprint density at radius 2 is 2.00 bits per heavy atom. The Morgan fingerprint density at radius 1 is 1.20 bits per heavy atom. The highest BCUT2D eigenvalue weighted by molar-refractivity contribution is 6.01. The van der Waals surface area contributed by atoms with Gasteiger partial charge in [-0.1, -0.05) is 37.6 Å². The summed E-state index contributed by atoms with van der Waals surface area (Å²) in [7, 11) is 0. The van der Waals surface area contributed by atoms with Crippen LogP contribution in [0, 0.1) is 40.2 Å². The molecule has 0 radical (unpaired) electrons. The van der Waals surface area contributed by atoms with E-state index in [9.17, 15) is 19.8 Å². The number of Topliss-reactive ketones (excluding diaryl/α,β-unsaturated/α-hetero) is 1. The lowest BCUT2D eigenvalue weighted by Crippen LogP contribution is -2.63. The van der Waals surface area contributed by atoms with Gasteiger partial charge >= 0.3 is 0 Å². The van der Waals surface area contributed by atoms with Crippen LogP contribution in [0.5, 0.6) is 5.75 Å². The molecule has 5 aliphatic rings. The largest absolute Gasteiger partial charge is 0.486 e. The number of nitrogen functional groups attached to an aromatic ring is 1. The molecule has 45 heavy (non-hydrogen) atoms. The van der Waals surface area contributed by atoms with Gasteiger partial charge in [-0.2, -0.15) is 0 Å². The van der Waals surface area contributed by atoms with Crippen LogP contribution in [0.15, 0.2) is 60.2 Å². The highest BCUT2D eigenvalue weighted by atomic mass is 19.1. The fourth-order valence-corrected chi connectivity index (χ4v) is 9.54. The van der Waals surface area contributed by atoms with Gasteiger partial charge < -0.3 is 30.2 Å². The van der Waals surface area contributed by atoms with E-state index < -0.39 is 64.5 Å². The van der Waals surface area contributed by atoms with Crippen LogP contribution in [-0.2, 0) is 25.7 Å². The van der Waals surface area contributed by atoms with E-state index in [-0.39, 0.29) is 42.3 Å². The zero-order valence-corrected chi connectivity index (χ0v) is 25.2. The standard InChI is InChI=1S/C35H37F2NO7/c1-33-11-10-21(40)13-19(33)6-7-22-23-14-28-35(27(42)16-39,34(23,2)15-25(41)30(22)33)45-32(44-28)29-24(36)8-9-26(31(29)37)43-17-18-4-3-5-20(38)12-18/h3-5,8-13,22-23,25,28,30,32,39,41H,6-7,14-17,38H2,1-2H3/t22-,23-,25-,28+,30+,32+,33-,34-,35+/m0/s1. The molecule has 0 unspecified atom stereocenters. The van der Waals surface area contributed by atoms with E-state index in [1.165, 1.54) is 6.07 Å². The van der Waals surface area contributed by atoms with Crippen molar-refractivity contribution >= 4 is 17.3 Å². The summed E-state index contributed by atoms with van der Waals surface area (Å²) in [4.78, 5) is 25.9. The van der Waals surface area contributed by atoms with E-state index in [4.69, 9.17) is 19.9 Å². The van der Waals surface area contributed by atoms with Gasteiger partial charge in [0.1, 0.15) is 19.0 Å².